The second kappa shape index (κ2) is 5.85. The number of nitro groups is 1. The fourth-order valence-electron chi connectivity index (χ4n) is 2.99. The van der Waals surface area contributed by atoms with Gasteiger partial charge in [0, 0.05) is 18.1 Å². The summed E-state index contributed by atoms with van der Waals surface area (Å²) in [5, 5.41) is 23.5. The Labute approximate surface area is 139 Å². The monoisotopic (exact) mass is 323 g/mol. The van der Waals surface area contributed by atoms with Crippen LogP contribution in [-0.2, 0) is 0 Å². The van der Waals surface area contributed by atoms with Gasteiger partial charge in [-0.05, 0) is 32.0 Å². The van der Waals surface area contributed by atoms with Crippen molar-refractivity contribution in [2.45, 2.75) is 31.9 Å². The normalized spacial score (nSPS) is 18.0. The third-order valence-electron chi connectivity index (χ3n) is 4.03. The van der Waals surface area contributed by atoms with Crippen molar-refractivity contribution in [2.75, 3.05) is 5.32 Å². The summed E-state index contributed by atoms with van der Waals surface area (Å²) < 4.78 is 5.98. The summed E-state index contributed by atoms with van der Waals surface area (Å²) in [6, 6.07) is 13.9. The van der Waals surface area contributed by atoms with Crippen molar-refractivity contribution in [1.82, 2.24) is 0 Å². The molecule has 0 saturated carbocycles. The summed E-state index contributed by atoms with van der Waals surface area (Å²) >= 11 is 0. The second-order valence-electron chi connectivity index (χ2n) is 6.40. The first-order chi connectivity index (χ1) is 11.4. The van der Waals surface area contributed by atoms with Gasteiger partial charge in [-0.25, -0.2) is 0 Å². The number of ether oxygens (including phenoxy) is 1. The third-order valence-corrected chi connectivity index (χ3v) is 4.03. The van der Waals surface area contributed by atoms with Gasteiger partial charge in [-0.15, -0.1) is 0 Å². The van der Waals surface area contributed by atoms with Gasteiger partial charge in [0.1, 0.15) is 17.0 Å². The summed E-state index contributed by atoms with van der Waals surface area (Å²) in [4.78, 5) is 10.9. The highest BCUT2D eigenvalue weighted by molar-refractivity contribution is 5.65. The number of benzene rings is 2. The zero-order valence-corrected chi connectivity index (χ0v) is 13.4. The number of nitrogens with zero attached hydrogens (tertiary/aromatic N) is 2. The molecule has 0 saturated heterocycles. The Morgan fingerprint density at radius 2 is 2.08 bits per heavy atom. The molecule has 2 aromatic carbocycles. The van der Waals surface area contributed by atoms with E-state index >= 15 is 0 Å². The highest BCUT2D eigenvalue weighted by atomic mass is 16.6. The molecule has 0 fully saturated rings. The van der Waals surface area contributed by atoms with E-state index in [0.29, 0.717) is 12.1 Å². The lowest BCUT2D eigenvalue weighted by molar-refractivity contribution is -0.384. The maximum atomic E-state index is 11.3. The molecule has 0 bridgehead atoms. The number of fused-ring (bicyclic) bond motifs is 1. The van der Waals surface area contributed by atoms with Gasteiger partial charge in [-0.2, -0.15) is 5.26 Å². The maximum Gasteiger partial charge on any atom is 0.293 e. The van der Waals surface area contributed by atoms with E-state index in [4.69, 9.17) is 10.00 Å². The van der Waals surface area contributed by atoms with Crippen molar-refractivity contribution in [3.05, 3.63) is 63.7 Å². The molecule has 6 nitrogen and oxygen atoms in total. The maximum absolute atomic E-state index is 11.3. The molecule has 1 aliphatic heterocycles. The summed E-state index contributed by atoms with van der Waals surface area (Å²) in [5.74, 6) is 0.780. The number of nitriles is 1. The van der Waals surface area contributed by atoms with E-state index in [-0.39, 0.29) is 22.9 Å². The molecule has 0 radical (unpaired) electrons. The van der Waals surface area contributed by atoms with Crippen LogP contribution in [-0.4, -0.2) is 10.5 Å². The molecule has 3 rings (SSSR count). The van der Waals surface area contributed by atoms with E-state index in [2.05, 4.69) is 5.32 Å². The number of para-hydroxylation sites is 1. The topological polar surface area (TPSA) is 88.2 Å². The lowest BCUT2D eigenvalue weighted by Crippen LogP contribution is -2.37. The lowest BCUT2D eigenvalue weighted by Gasteiger charge is -2.38. The van der Waals surface area contributed by atoms with E-state index in [1.807, 2.05) is 44.2 Å². The fraction of sp³-hybridized carbons (Fsp3) is 0.278. The van der Waals surface area contributed by atoms with E-state index in [0.717, 1.165) is 11.3 Å². The van der Waals surface area contributed by atoms with Crippen LogP contribution in [0.3, 0.4) is 0 Å². The number of nitrogens with one attached hydrogen (secondary N) is 1. The average Bonchev–Trinajstić information content (AvgIpc) is 2.54. The Kier molecular flexibility index (Phi) is 3.86. The zero-order valence-electron chi connectivity index (χ0n) is 13.4. The molecule has 1 atom stereocenters. The van der Waals surface area contributed by atoms with Crippen molar-refractivity contribution >= 4 is 11.4 Å². The summed E-state index contributed by atoms with van der Waals surface area (Å²) in [6.45, 7) is 3.98. The van der Waals surface area contributed by atoms with Crippen molar-refractivity contribution < 1.29 is 9.66 Å². The van der Waals surface area contributed by atoms with Gasteiger partial charge in [0.2, 0.25) is 0 Å². The Bertz CT molecular complexity index is 840. The first-order valence-electron chi connectivity index (χ1n) is 7.63. The van der Waals surface area contributed by atoms with Crippen LogP contribution in [0, 0.1) is 21.4 Å². The Morgan fingerprint density at radius 1 is 1.33 bits per heavy atom. The number of anilines is 1. The minimum atomic E-state index is -0.473. The molecule has 0 spiro atoms. The summed E-state index contributed by atoms with van der Waals surface area (Å²) in [5.41, 5.74) is 1.15. The predicted molar refractivity (Wildman–Crippen MR) is 89.9 cm³/mol. The van der Waals surface area contributed by atoms with Gasteiger partial charge in [0.05, 0.1) is 22.6 Å². The number of hydrogen-bond acceptors (Lipinski definition) is 5. The van der Waals surface area contributed by atoms with Gasteiger partial charge < -0.3 is 10.1 Å². The largest absolute Gasteiger partial charge is 0.487 e. The molecular weight excluding hydrogens is 306 g/mol. The molecule has 2 aromatic rings. The van der Waals surface area contributed by atoms with E-state index in [1.54, 1.807) is 12.1 Å². The minimum Gasteiger partial charge on any atom is -0.487 e. The Balaban J connectivity index is 2.00. The second-order valence-corrected chi connectivity index (χ2v) is 6.40. The van der Waals surface area contributed by atoms with Crippen molar-refractivity contribution in [2.24, 2.45) is 0 Å². The molecule has 1 aliphatic rings. The zero-order chi connectivity index (χ0) is 17.3. The van der Waals surface area contributed by atoms with Crippen LogP contribution in [0.2, 0.25) is 0 Å². The van der Waals surface area contributed by atoms with Crippen molar-refractivity contribution in [3.63, 3.8) is 0 Å². The molecule has 0 aliphatic carbocycles. The van der Waals surface area contributed by atoms with Gasteiger partial charge in [0.15, 0.2) is 0 Å². The van der Waals surface area contributed by atoms with Crippen LogP contribution in [0.25, 0.3) is 0 Å². The fourth-order valence-corrected chi connectivity index (χ4v) is 2.99. The van der Waals surface area contributed by atoms with E-state index < -0.39 is 4.92 Å². The molecule has 1 heterocycles. The Hall–Kier alpha value is -3.07. The molecule has 0 aromatic heterocycles. The van der Waals surface area contributed by atoms with Gasteiger partial charge in [-0.1, -0.05) is 18.2 Å². The van der Waals surface area contributed by atoms with Gasteiger partial charge in [-0.3, -0.25) is 10.1 Å². The SMILES string of the molecule is CC1(C)CC(Nc2ccc(C#N)cc2[N+](=O)[O-])c2ccccc2O1. The van der Waals surface area contributed by atoms with Crippen molar-refractivity contribution in [3.8, 4) is 11.8 Å². The molecule has 0 amide bonds. The number of rotatable bonds is 3. The van der Waals surface area contributed by atoms with Crippen LogP contribution >= 0.6 is 0 Å². The standard InChI is InChI=1S/C18H17N3O3/c1-18(2)10-15(13-5-3-4-6-17(13)24-18)20-14-8-7-12(11-19)9-16(14)21(22)23/h3-9,15,20H,10H2,1-2H3. The quantitative estimate of drug-likeness (QED) is 0.676. The first kappa shape index (κ1) is 15.8. The molecular formula is C18H17N3O3. The van der Waals surface area contributed by atoms with Crippen LogP contribution in [0.1, 0.15) is 37.4 Å². The molecule has 24 heavy (non-hydrogen) atoms. The van der Waals surface area contributed by atoms with Crippen LogP contribution in [0.15, 0.2) is 42.5 Å². The number of nitro benzene ring substituents is 1. The van der Waals surface area contributed by atoms with E-state index in [9.17, 15) is 10.1 Å². The minimum absolute atomic E-state index is 0.101. The molecule has 6 heteroatoms. The first-order valence-corrected chi connectivity index (χ1v) is 7.63. The third kappa shape index (κ3) is 3.01. The van der Waals surface area contributed by atoms with Crippen LogP contribution < -0.4 is 10.1 Å². The molecule has 1 unspecified atom stereocenters. The molecule has 122 valence electrons. The smallest absolute Gasteiger partial charge is 0.293 e. The average molecular weight is 323 g/mol. The van der Waals surface area contributed by atoms with Gasteiger partial charge >= 0.3 is 0 Å². The van der Waals surface area contributed by atoms with Crippen molar-refractivity contribution in [1.29, 1.82) is 5.26 Å². The van der Waals surface area contributed by atoms with Crippen LogP contribution in [0.4, 0.5) is 11.4 Å². The Morgan fingerprint density at radius 3 is 2.79 bits per heavy atom. The predicted octanol–water partition coefficient (Wildman–Crippen LogP) is 4.18. The number of hydrogen-bond donors (Lipinski definition) is 1. The van der Waals surface area contributed by atoms with E-state index in [1.165, 1.54) is 6.07 Å². The highest BCUT2D eigenvalue weighted by Crippen LogP contribution is 2.42. The summed E-state index contributed by atoms with van der Waals surface area (Å²) in [7, 11) is 0. The molecule has 1 N–H and O–H groups in total. The summed E-state index contributed by atoms with van der Waals surface area (Å²) in [6.07, 6.45) is 0.668. The van der Waals surface area contributed by atoms with Crippen LogP contribution in [0.5, 0.6) is 5.75 Å². The highest BCUT2D eigenvalue weighted by Gasteiger charge is 2.34. The lowest BCUT2D eigenvalue weighted by atomic mass is 9.89. The van der Waals surface area contributed by atoms with Gasteiger partial charge in [0.25, 0.3) is 5.69 Å².